The lowest BCUT2D eigenvalue weighted by atomic mass is 10.0. The summed E-state index contributed by atoms with van der Waals surface area (Å²) in [6.45, 7) is 3.78. The van der Waals surface area contributed by atoms with Gasteiger partial charge in [0.15, 0.2) is 0 Å². The summed E-state index contributed by atoms with van der Waals surface area (Å²) in [4.78, 5) is 22.0. The molecule has 0 saturated heterocycles. The predicted molar refractivity (Wildman–Crippen MR) is 80.6 cm³/mol. The van der Waals surface area contributed by atoms with Gasteiger partial charge in [-0.25, -0.2) is 4.39 Å². The first kappa shape index (κ1) is 17.8. The van der Waals surface area contributed by atoms with E-state index in [1.54, 1.807) is 0 Å². The van der Waals surface area contributed by atoms with Crippen LogP contribution in [0.4, 0.5) is 10.1 Å². The standard InChI is InChI=1S/C15H19FN2O4/c1-10(2)13(7-8-19)17-15(20)6-4-11-3-5-12(16)9-14(11)18(21)22/h3-6,9-10,13,19H,7-8H2,1-2H3,(H,17,20)/b6-4+. The van der Waals surface area contributed by atoms with Crippen LogP contribution in [0.2, 0.25) is 0 Å². The minimum Gasteiger partial charge on any atom is -0.396 e. The highest BCUT2D eigenvalue weighted by molar-refractivity contribution is 5.92. The fraction of sp³-hybridized carbons (Fsp3) is 0.400. The monoisotopic (exact) mass is 310 g/mol. The van der Waals surface area contributed by atoms with Crippen molar-refractivity contribution in [2.45, 2.75) is 26.3 Å². The second kappa shape index (κ2) is 8.23. The number of nitrogens with zero attached hydrogens (tertiary/aromatic N) is 1. The predicted octanol–water partition coefficient (Wildman–Crippen LogP) is 2.27. The van der Waals surface area contributed by atoms with E-state index in [1.807, 2.05) is 13.8 Å². The number of nitro benzene ring substituents is 1. The second-order valence-corrected chi connectivity index (χ2v) is 5.16. The van der Waals surface area contributed by atoms with Crippen molar-refractivity contribution in [1.82, 2.24) is 5.32 Å². The molecule has 120 valence electrons. The number of hydrogen-bond acceptors (Lipinski definition) is 4. The largest absolute Gasteiger partial charge is 0.396 e. The van der Waals surface area contributed by atoms with Crippen molar-refractivity contribution in [1.29, 1.82) is 0 Å². The Morgan fingerprint density at radius 2 is 2.18 bits per heavy atom. The topological polar surface area (TPSA) is 92.5 Å². The van der Waals surface area contributed by atoms with Crippen molar-refractivity contribution >= 4 is 17.7 Å². The maximum Gasteiger partial charge on any atom is 0.279 e. The summed E-state index contributed by atoms with van der Waals surface area (Å²) < 4.78 is 13.0. The number of nitro groups is 1. The van der Waals surface area contributed by atoms with Crippen LogP contribution in [0.25, 0.3) is 6.08 Å². The number of rotatable bonds is 7. The van der Waals surface area contributed by atoms with E-state index in [9.17, 15) is 19.3 Å². The molecule has 22 heavy (non-hydrogen) atoms. The molecular weight excluding hydrogens is 291 g/mol. The maximum atomic E-state index is 13.0. The van der Waals surface area contributed by atoms with Gasteiger partial charge in [-0.05, 0) is 30.5 Å². The lowest BCUT2D eigenvalue weighted by molar-refractivity contribution is -0.385. The smallest absolute Gasteiger partial charge is 0.279 e. The van der Waals surface area contributed by atoms with Crippen LogP contribution in [0.15, 0.2) is 24.3 Å². The van der Waals surface area contributed by atoms with E-state index in [1.165, 1.54) is 12.1 Å². The molecule has 0 aliphatic carbocycles. The molecule has 0 aliphatic rings. The van der Waals surface area contributed by atoms with E-state index in [2.05, 4.69) is 5.32 Å². The third kappa shape index (κ3) is 5.25. The lowest BCUT2D eigenvalue weighted by Crippen LogP contribution is -2.38. The van der Waals surface area contributed by atoms with Gasteiger partial charge in [0.1, 0.15) is 5.82 Å². The van der Waals surface area contributed by atoms with Crippen molar-refractivity contribution in [2.24, 2.45) is 5.92 Å². The van der Waals surface area contributed by atoms with E-state index in [-0.39, 0.29) is 24.1 Å². The number of carbonyl (C=O) groups is 1. The first-order valence-electron chi connectivity index (χ1n) is 6.88. The Bertz CT molecular complexity index is 573. The Balaban J connectivity index is 2.84. The van der Waals surface area contributed by atoms with Crippen LogP contribution in [0.1, 0.15) is 25.8 Å². The Hall–Kier alpha value is -2.28. The average molecular weight is 310 g/mol. The lowest BCUT2D eigenvalue weighted by Gasteiger charge is -2.20. The summed E-state index contributed by atoms with van der Waals surface area (Å²) in [6, 6.07) is 2.95. The molecule has 2 N–H and O–H groups in total. The summed E-state index contributed by atoms with van der Waals surface area (Å²) in [5.41, 5.74) is -0.260. The van der Waals surface area contributed by atoms with Gasteiger partial charge in [0.2, 0.25) is 5.91 Å². The molecule has 0 fully saturated rings. The number of aliphatic hydroxyl groups is 1. The van der Waals surface area contributed by atoms with Gasteiger partial charge >= 0.3 is 0 Å². The Morgan fingerprint density at radius 1 is 1.50 bits per heavy atom. The van der Waals surface area contributed by atoms with Gasteiger partial charge < -0.3 is 10.4 Å². The molecule has 1 unspecified atom stereocenters. The molecule has 0 bridgehead atoms. The number of amides is 1. The third-order valence-corrected chi connectivity index (χ3v) is 3.18. The fourth-order valence-corrected chi connectivity index (χ4v) is 1.92. The molecule has 6 nitrogen and oxygen atoms in total. The molecule has 1 aromatic carbocycles. The van der Waals surface area contributed by atoms with Gasteiger partial charge in [-0.3, -0.25) is 14.9 Å². The summed E-state index contributed by atoms with van der Waals surface area (Å²) in [6.07, 6.45) is 2.85. The van der Waals surface area contributed by atoms with Gasteiger partial charge in [-0.15, -0.1) is 0 Å². The number of hydrogen-bond donors (Lipinski definition) is 2. The molecule has 1 atom stereocenters. The quantitative estimate of drug-likeness (QED) is 0.459. The summed E-state index contributed by atoms with van der Waals surface area (Å²) >= 11 is 0. The van der Waals surface area contributed by atoms with Crippen LogP contribution in [0.5, 0.6) is 0 Å². The van der Waals surface area contributed by atoms with Gasteiger partial charge in [-0.2, -0.15) is 0 Å². The number of nitrogens with one attached hydrogen (secondary N) is 1. The van der Waals surface area contributed by atoms with Crippen LogP contribution >= 0.6 is 0 Å². The van der Waals surface area contributed by atoms with E-state index in [0.29, 0.717) is 6.42 Å². The molecular formula is C15H19FN2O4. The minimum atomic E-state index is -0.712. The van der Waals surface area contributed by atoms with Crippen molar-refractivity contribution < 1.29 is 19.2 Å². The van der Waals surface area contributed by atoms with Crippen molar-refractivity contribution in [3.05, 3.63) is 45.8 Å². The molecule has 0 aliphatic heterocycles. The van der Waals surface area contributed by atoms with Crippen LogP contribution < -0.4 is 5.32 Å². The molecule has 0 radical (unpaired) electrons. The van der Waals surface area contributed by atoms with E-state index < -0.39 is 22.3 Å². The SMILES string of the molecule is CC(C)C(CCO)NC(=O)/C=C/c1ccc(F)cc1[N+](=O)[O-]. The normalized spacial score (nSPS) is 12.6. The van der Waals surface area contributed by atoms with Gasteiger partial charge in [-0.1, -0.05) is 13.8 Å². The van der Waals surface area contributed by atoms with Crippen LogP contribution in [-0.4, -0.2) is 28.6 Å². The zero-order valence-corrected chi connectivity index (χ0v) is 12.5. The molecule has 1 rings (SSSR count). The van der Waals surface area contributed by atoms with Gasteiger partial charge in [0.25, 0.3) is 5.69 Å². The highest BCUT2D eigenvalue weighted by Crippen LogP contribution is 2.21. The van der Waals surface area contributed by atoms with E-state index in [4.69, 9.17) is 5.11 Å². The molecule has 1 aromatic rings. The van der Waals surface area contributed by atoms with Gasteiger partial charge in [0, 0.05) is 18.7 Å². The maximum absolute atomic E-state index is 13.0. The number of aliphatic hydroxyl groups excluding tert-OH is 1. The second-order valence-electron chi connectivity index (χ2n) is 5.16. The third-order valence-electron chi connectivity index (χ3n) is 3.18. The first-order chi connectivity index (χ1) is 10.3. The van der Waals surface area contributed by atoms with E-state index >= 15 is 0 Å². The van der Waals surface area contributed by atoms with Crippen LogP contribution in [0.3, 0.4) is 0 Å². The van der Waals surface area contributed by atoms with Gasteiger partial charge in [0.05, 0.1) is 16.6 Å². The Morgan fingerprint density at radius 3 is 2.73 bits per heavy atom. The highest BCUT2D eigenvalue weighted by atomic mass is 19.1. The average Bonchev–Trinajstić information content (AvgIpc) is 2.45. The molecule has 7 heteroatoms. The van der Waals surface area contributed by atoms with E-state index in [0.717, 1.165) is 18.2 Å². The summed E-state index contributed by atoms with van der Waals surface area (Å²) in [5, 5.41) is 22.5. The molecule has 1 amide bonds. The molecule has 0 aromatic heterocycles. The number of halogens is 1. The Kier molecular flexibility index (Phi) is 6.65. The molecule has 0 spiro atoms. The Labute approximate surface area is 127 Å². The fourth-order valence-electron chi connectivity index (χ4n) is 1.92. The first-order valence-corrected chi connectivity index (χ1v) is 6.88. The van der Waals surface area contributed by atoms with Crippen LogP contribution in [-0.2, 0) is 4.79 Å². The number of benzene rings is 1. The van der Waals surface area contributed by atoms with Crippen molar-refractivity contribution in [3.63, 3.8) is 0 Å². The molecule has 0 saturated carbocycles. The number of carbonyl (C=O) groups excluding carboxylic acids is 1. The summed E-state index contributed by atoms with van der Waals surface area (Å²) in [7, 11) is 0. The summed E-state index contributed by atoms with van der Waals surface area (Å²) in [5.74, 6) is -0.994. The zero-order valence-electron chi connectivity index (χ0n) is 12.5. The van der Waals surface area contributed by atoms with Crippen molar-refractivity contribution in [3.8, 4) is 0 Å². The zero-order chi connectivity index (χ0) is 16.7. The van der Waals surface area contributed by atoms with Crippen LogP contribution in [0, 0.1) is 21.8 Å². The minimum absolute atomic E-state index is 0.0454. The highest BCUT2D eigenvalue weighted by Gasteiger charge is 2.15. The van der Waals surface area contributed by atoms with Crippen molar-refractivity contribution in [2.75, 3.05) is 6.61 Å². The molecule has 0 heterocycles.